The van der Waals surface area contributed by atoms with Crippen LogP contribution in [0.4, 0.5) is 4.79 Å². The average Bonchev–Trinajstić information content (AvgIpc) is 3.67. The van der Waals surface area contributed by atoms with Crippen LogP contribution in [0.5, 0.6) is 0 Å². The molecule has 2 saturated heterocycles. The van der Waals surface area contributed by atoms with Crippen LogP contribution in [0.15, 0.2) is 24.3 Å². The Morgan fingerprint density at radius 1 is 1.02 bits per heavy atom. The number of carbonyl (C=O) groups excluding carboxylic acids is 3. The number of aromatic nitrogens is 3. The van der Waals surface area contributed by atoms with Crippen molar-refractivity contribution in [1.82, 2.24) is 29.7 Å². The molecular weight excluding hydrogens is 572 g/mol. The number of likely N-dealkylation sites (tertiary alicyclic amines) is 2. The van der Waals surface area contributed by atoms with Crippen LogP contribution >= 0.6 is 0 Å². The molecule has 0 bridgehead atoms. The Balaban J connectivity index is 1.69. The summed E-state index contributed by atoms with van der Waals surface area (Å²) >= 11 is 0. The zero-order valence-corrected chi connectivity index (χ0v) is 28.3. The number of unbranched alkanes of at least 4 members (excludes halogenated alkanes) is 1. The third kappa shape index (κ3) is 9.05. The predicted octanol–water partition coefficient (Wildman–Crippen LogP) is 4.89. The topological polar surface area (TPSA) is 110 Å². The van der Waals surface area contributed by atoms with Gasteiger partial charge in [0.1, 0.15) is 5.60 Å². The van der Waals surface area contributed by atoms with E-state index in [0.717, 1.165) is 55.7 Å². The fourth-order valence-electron chi connectivity index (χ4n) is 6.20. The molecule has 0 aliphatic carbocycles. The normalized spacial score (nSPS) is 18.8. The minimum atomic E-state index is -0.682. The van der Waals surface area contributed by atoms with Gasteiger partial charge in [-0.25, -0.2) is 9.48 Å². The van der Waals surface area contributed by atoms with Crippen LogP contribution in [0, 0.1) is 18.8 Å². The van der Waals surface area contributed by atoms with Crippen molar-refractivity contribution in [3.63, 3.8) is 0 Å². The molecule has 2 aliphatic rings. The molecule has 0 spiro atoms. The number of nitrogens with zero attached hydrogens (tertiary/aromatic N) is 6. The minimum Gasteiger partial charge on any atom is -0.444 e. The first-order chi connectivity index (χ1) is 21.4. The zero-order valence-electron chi connectivity index (χ0n) is 28.3. The SMILES string of the molecule is COCCCCc1c(C(=O)N(CC(C)C)[C@H]2CC(C(=O)N3CCCC3)CN(C(=O)OC(C)(C)C)C2)nnn1-c1ccc(C)cc1. The van der Waals surface area contributed by atoms with E-state index in [2.05, 4.69) is 24.2 Å². The summed E-state index contributed by atoms with van der Waals surface area (Å²) in [6, 6.07) is 7.62. The van der Waals surface area contributed by atoms with Crippen molar-refractivity contribution in [2.24, 2.45) is 11.8 Å². The van der Waals surface area contributed by atoms with Gasteiger partial charge in [0.2, 0.25) is 5.91 Å². The average molecular weight is 625 g/mol. The highest BCUT2D eigenvalue weighted by atomic mass is 16.6. The van der Waals surface area contributed by atoms with Gasteiger partial charge in [0.25, 0.3) is 5.91 Å². The minimum absolute atomic E-state index is 0.0480. The summed E-state index contributed by atoms with van der Waals surface area (Å²) in [6.45, 7) is 14.8. The van der Waals surface area contributed by atoms with Gasteiger partial charge in [-0.1, -0.05) is 36.8 Å². The van der Waals surface area contributed by atoms with Gasteiger partial charge in [-0.3, -0.25) is 9.59 Å². The summed E-state index contributed by atoms with van der Waals surface area (Å²) in [6.07, 6.45) is 4.23. The molecule has 0 saturated carbocycles. The number of aryl methyl sites for hydroxylation is 1. The first-order valence-electron chi connectivity index (χ1n) is 16.5. The van der Waals surface area contributed by atoms with Gasteiger partial charge in [0.15, 0.2) is 5.69 Å². The summed E-state index contributed by atoms with van der Waals surface area (Å²) in [4.78, 5) is 47.0. The number of amides is 3. The fraction of sp³-hybridized carbons (Fsp3) is 0.676. The molecule has 3 heterocycles. The Hall–Kier alpha value is -3.47. The lowest BCUT2D eigenvalue weighted by Gasteiger charge is -2.43. The van der Waals surface area contributed by atoms with Gasteiger partial charge in [-0.15, -0.1) is 5.10 Å². The predicted molar refractivity (Wildman–Crippen MR) is 172 cm³/mol. The molecule has 11 heteroatoms. The summed E-state index contributed by atoms with van der Waals surface area (Å²) in [5.41, 5.74) is 2.35. The highest BCUT2D eigenvalue weighted by molar-refractivity contribution is 5.94. The van der Waals surface area contributed by atoms with Gasteiger partial charge in [-0.05, 0) is 84.3 Å². The van der Waals surface area contributed by atoms with Crippen molar-refractivity contribution in [3.05, 3.63) is 41.2 Å². The molecule has 0 radical (unpaired) electrons. The van der Waals surface area contributed by atoms with E-state index in [9.17, 15) is 14.4 Å². The molecule has 3 amide bonds. The third-order valence-corrected chi connectivity index (χ3v) is 8.37. The molecule has 1 unspecified atom stereocenters. The van der Waals surface area contributed by atoms with E-state index in [0.29, 0.717) is 31.7 Å². The van der Waals surface area contributed by atoms with Gasteiger partial charge < -0.3 is 24.2 Å². The molecule has 2 fully saturated rings. The largest absolute Gasteiger partial charge is 0.444 e. The lowest BCUT2D eigenvalue weighted by molar-refractivity contribution is -0.137. The van der Waals surface area contributed by atoms with Crippen LogP contribution in [0.2, 0.25) is 0 Å². The molecule has 2 aliphatic heterocycles. The van der Waals surface area contributed by atoms with Gasteiger partial charge in [0.05, 0.1) is 23.3 Å². The standard InChI is InChI=1S/C34H52N6O5/c1-24(2)21-39(28-20-26(31(41)37-17-9-10-18-37)22-38(23-28)33(43)45-34(4,5)6)32(42)30-29(12-8-11-19-44-7)40(36-35-30)27-15-13-25(3)14-16-27/h13-16,24,26,28H,8-12,17-23H2,1-7H3/t26?,28-/m0/s1. The smallest absolute Gasteiger partial charge is 0.410 e. The number of methoxy groups -OCH3 is 1. The highest BCUT2D eigenvalue weighted by Gasteiger charge is 2.42. The molecular formula is C34H52N6O5. The summed E-state index contributed by atoms with van der Waals surface area (Å²) in [5, 5.41) is 8.93. The first kappa shape index (κ1) is 34.4. The maximum absolute atomic E-state index is 14.6. The zero-order chi connectivity index (χ0) is 32.7. The number of rotatable bonds is 11. The van der Waals surface area contributed by atoms with E-state index in [1.165, 1.54) is 0 Å². The van der Waals surface area contributed by atoms with Crippen molar-refractivity contribution in [2.45, 2.75) is 91.7 Å². The molecule has 2 atom stereocenters. The number of benzene rings is 1. The number of hydrogen-bond donors (Lipinski definition) is 0. The van der Waals surface area contributed by atoms with Crippen molar-refractivity contribution >= 4 is 17.9 Å². The van der Waals surface area contributed by atoms with E-state index >= 15 is 0 Å². The van der Waals surface area contributed by atoms with Crippen LogP contribution in [-0.4, -0.2) is 106 Å². The molecule has 0 N–H and O–H groups in total. The Bertz CT molecular complexity index is 1300. The van der Waals surface area contributed by atoms with Crippen LogP contribution < -0.4 is 0 Å². The van der Waals surface area contributed by atoms with E-state index in [1.807, 2.05) is 61.8 Å². The maximum Gasteiger partial charge on any atom is 0.410 e. The van der Waals surface area contributed by atoms with Gasteiger partial charge in [-0.2, -0.15) is 0 Å². The van der Waals surface area contributed by atoms with Crippen LogP contribution in [0.1, 0.15) is 88.5 Å². The molecule has 1 aromatic carbocycles. The van der Waals surface area contributed by atoms with Gasteiger partial charge >= 0.3 is 6.09 Å². The Labute approximate surface area is 268 Å². The second kappa shape index (κ2) is 15.2. The Morgan fingerprint density at radius 3 is 2.33 bits per heavy atom. The first-order valence-corrected chi connectivity index (χ1v) is 16.5. The molecule has 45 heavy (non-hydrogen) atoms. The van der Waals surface area contributed by atoms with Crippen LogP contribution in [-0.2, 0) is 20.7 Å². The van der Waals surface area contributed by atoms with Crippen molar-refractivity contribution in [2.75, 3.05) is 46.4 Å². The monoisotopic (exact) mass is 624 g/mol. The quantitative estimate of drug-likeness (QED) is 0.328. The summed E-state index contributed by atoms with van der Waals surface area (Å²) < 4.78 is 12.8. The van der Waals surface area contributed by atoms with Crippen molar-refractivity contribution in [1.29, 1.82) is 0 Å². The lowest BCUT2D eigenvalue weighted by atomic mass is 9.91. The van der Waals surface area contributed by atoms with E-state index in [4.69, 9.17) is 9.47 Å². The van der Waals surface area contributed by atoms with Crippen LogP contribution in [0.25, 0.3) is 5.69 Å². The van der Waals surface area contributed by atoms with Crippen LogP contribution in [0.3, 0.4) is 0 Å². The molecule has 11 nitrogen and oxygen atoms in total. The van der Waals surface area contributed by atoms with E-state index < -0.39 is 17.6 Å². The van der Waals surface area contributed by atoms with Crippen molar-refractivity contribution in [3.8, 4) is 5.69 Å². The van der Waals surface area contributed by atoms with Gasteiger partial charge in [0, 0.05) is 46.4 Å². The number of piperidine rings is 1. The third-order valence-electron chi connectivity index (χ3n) is 8.37. The Morgan fingerprint density at radius 2 is 1.71 bits per heavy atom. The summed E-state index contributed by atoms with van der Waals surface area (Å²) in [5.74, 6) is -0.455. The van der Waals surface area contributed by atoms with E-state index in [1.54, 1.807) is 16.7 Å². The summed E-state index contributed by atoms with van der Waals surface area (Å²) in [7, 11) is 1.68. The molecule has 248 valence electrons. The molecule has 2 aromatic rings. The fourth-order valence-corrected chi connectivity index (χ4v) is 6.20. The van der Waals surface area contributed by atoms with Crippen molar-refractivity contribution < 1.29 is 23.9 Å². The molecule has 4 rings (SSSR count). The maximum atomic E-state index is 14.6. The second-order valence-corrected chi connectivity index (χ2v) is 13.9. The highest BCUT2D eigenvalue weighted by Crippen LogP contribution is 2.28. The number of carbonyl (C=O) groups is 3. The number of hydrogen-bond acceptors (Lipinski definition) is 7. The van der Waals surface area contributed by atoms with E-state index in [-0.39, 0.29) is 36.9 Å². The molecule has 1 aromatic heterocycles. The lowest BCUT2D eigenvalue weighted by Crippen LogP contribution is -2.58. The number of ether oxygens (including phenoxy) is 2. The Kier molecular flexibility index (Phi) is 11.6. The second-order valence-electron chi connectivity index (χ2n) is 13.9.